The molecule has 3 atom stereocenters. The predicted molar refractivity (Wildman–Crippen MR) is 91.8 cm³/mol. The fourth-order valence-electron chi connectivity index (χ4n) is 4.37. The molecule has 0 spiro atoms. The minimum absolute atomic E-state index is 0.397. The summed E-state index contributed by atoms with van der Waals surface area (Å²) in [5.74, 6) is 0.882. The zero-order valence-corrected chi connectivity index (χ0v) is 14.8. The lowest BCUT2D eigenvalue weighted by Crippen LogP contribution is -2.55. The van der Waals surface area contributed by atoms with Gasteiger partial charge in [0, 0.05) is 18.1 Å². The molecule has 0 bridgehead atoms. The zero-order chi connectivity index (χ0) is 15.3. The lowest BCUT2D eigenvalue weighted by atomic mass is 9.75. The molecular formula is C18H37N3. The van der Waals surface area contributed by atoms with Crippen LogP contribution in [0.5, 0.6) is 0 Å². The van der Waals surface area contributed by atoms with Crippen molar-refractivity contribution in [2.75, 3.05) is 40.3 Å². The summed E-state index contributed by atoms with van der Waals surface area (Å²) in [4.78, 5) is 5.11. The summed E-state index contributed by atoms with van der Waals surface area (Å²) in [6.45, 7) is 9.69. The van der Waals surface area contributed by atoms with Crippen molar-refractivity contribution in [1.82, 2.24) is 15.1 Å². The molecule has 0 radical (unpaired) electrons. The van der Waals surface area contributed by atoms with Gasteiger partial charge in [-0.15, -0.1) is 0 Å². The van der Waals surface area contributed by atoms with E-state index in [9.17, 15) is 0 Å². The molecule has 0 aromatic rings. The van der Waals surface area contributed by atoms with Crippen LogP contribution in [0, 0.1) is 5.92 Å². The number of hydrogen-bond donors (Lipinski definition) is 1. The lowest BCUT2D eigenvalue weighted by Gasteiger charge is -2.46. The lowest BCUT2D eigenvalue weighted by molar-refractivity contribution is 0.0716. The Labute approximate surface area is 132 Å². The van der Waals surface area contributed by atoms with Gasteiger partial charge < -0.3 is 15.1 Å². The van der Waals surface area contributed by atoms with Crippen molar-refractivity contribution >= 4 is 0 Å². The van der Waals surface area contributed by atoms with Gasteiger partial charge in [-0.25, -0.2) is 0 Å². The Bertz CT molecular complexity index is 305. The number of hydrogen-bond acceptors (Lipinski definition) is 3. The van der Waals surface area contributed by atoms with E-state index in [1.54, 1.807) is 0 Å². The highest BCUT2D eigenvalue weighted by molar-refractivity contribution is 4.95. The van der Waals surface area contributed by atoms with Crippen LogP contribution in [0.3, 0.4) is 0 Å². The van der Waals surface area contributed by atoms with E-state index in [1.165, 1.54) is 71.1 Å². The van der Waals surface area contributed by atoms with E-state index in [0.717, 1.165) is 12.0 Å². The summed E-state index contributed by atoms with van der Waals surface area (Å²) in [6, 6.07) is 0.732. The minimum atomic E-state index is 0.397. The van der Waals surface area contributed by atoms with Crippen molar-refractivity contribution in [2.45, 2.75) is 70.4 Å². The smallest absolute Gasteiger partial charge is 0.0330 e. The van der Waals surface area contributed by atoms with E-state index in [1.807, 2.05) is 0 Å². The molecule has 2 rings (SSSR count). The molecule has 1 aliphatic heterocycles. The van der Waals surface area contributed by atoms with Crippen LogP contribution in [0.2, 0.25) is 0 Å². The number of rotatable bonds is 5. The van der Waals surface area contributed by atoms with Crippen LogP contribution in [0.1, 0.15) is 58.8 Å². The first-order valence-electron chi connectivity index (χ1n) is 9.19. The van der Waals surface area contributed by atoms with Crippen LogP contribution in [-0.4, -0.2) is 61.7 Å². The summed E-state index contributed by atoms with van der Waals surface area (Å²) in [6.07, 6.45) is 9.59. The average molecular weight is 296 g/mol. The van der Waals surface area contributed by atoms with Gasteiger partial charge in [0.05, 0.1) is 0 Å². The molecule has 3 nitrogen and oxygen atoms in total. The monoisotopic (exact) mass is 295 g/mol. The first kappa shape index (κ1) is 17.2. The second-order valence-electron chi connectivity index (χ2n) is 7.76. The minimum Gasteiger partial charge on any atom is -0.312 e. The molecule has 0 amide bonds. The van der Waals surface area contributed by atoms with Gasteiger partial charge in [0.15, 0.2) is 0 Å². The Morgan fingerprint density at radius 2 is 1.95 bits per heavy atom. The van der Waals surface area contributed by atoms with Crippen molar-refractivity contribution in [3.05, 3.63) is 0 Å². The first-order valence-corrected chi connectivity index (χ1v) is 9.19. The third-order valence-electron chi connectivity index (χ3n) is 6.00. The number of nitrogens with zero attached hydrogens (tertiary/aromatic N) is 2. The molecule has 2 aliphatic rings. The molecule has 1 aliphatic carbocycles. The Morgan fingerprint density at radius 3 is 2.62 bits per heavy atom. The third-order valence-corrected chi connectivity index (χ3v) is 6.00. The summed E-state index contributed by atoms with van der Waals surface area (Å²) in [7, 11) is 4.57. The largest absolute Gasteiger partial charge is 0.312 e. The van der Waals surface area contributed by atoms with E-state index in [4.69, 9.17) is 0 Å². The van der Waals surface area contributed by atoms with E-state index >= 15 is 0 Å². The van der Waals surface area contributed by atoms with Gasteiger partial charge in [-0.2, -0.15) is 0 Å². The topological polar surface area (TPSA) is 18.5 Å². The maximum Gasteiger partial charge on any atom is 0.0330 e. The summed E-state index contributed by atoms with van der Waals surface area (Å²) in [5.41, 5.74) is 0.397. The molecule has 0 aromatic heterocycles. The average Bonchev–Trinajstić information content (AvgIpc) is 2.70. The zero-order valence-electron chi connectivity index (χ0n) is 14.8. The molecular weight excluding hydrogens is 258 g/mol. The molecule has 1 saturated carbocycles. The van der Waals surface area contributed by atoms with Crippen molar-refractivity contribution in [3.8, 4) is 0 Å². The molecule has 3 unspecified atom stereocenters. The quantitative estimate of drug-likeness (QED) is 0.841. The van der Waals surface area contributed by atoms with E-state index in [2.05, 4.69) is 43.1 Å². The SMILES string of the molecule is CCN1CCCC(NCC2(N(C)C)CCCC(C)C2)CC1. The highest BCUT2D eigenvalue weighted by atomic mass is 15.2. The van der Waals surface area contributed by atoms with Crippen molar-refractivity contribution in [1.29, 1.82) is 0 Å². The van der Waals surface area contributed by atoms with Gasteiger partial charge in [0.2, 0.25) is 0 Å². The second-order valence-corrected chi connectivity index (χ2v) is 7.76. The fraction of sp³-hybridized carbons (Fsp3) is 1.00. The Balaban J connectivity index is 1.87. The molecule has 1 heterocycles. The molecule has 2 fully saturated rings. The van der Waals surface area contributed by atoms with Crippen molar-refractivity contribution < 1.29 is 0 Å². The highest BCUT2D eigenvalue weighted by Gasteiger charge is 2.37. The van der Waals surface area contributed by atoms with Gasteiger partial charge >= 0.3 is 0 Å². The summed E-state index contributed by atoms with van der Waals surface area (Å²) < 4.78 is 0. The molecule has 1 N–H and O–H groups in total. The number of likely N-dealkylation sites (tertiary alicyclic amines) is 1. The maximum absolute atomic E-state index is 3.95. The van der Waals surface area contributed by atoms with Crippen LogP contribution in [0.15, 0.2) is 0 Å². The molecule has 124 valence electrons. The Morgan fingerprint density at radius 1 is 1.14 bits per heavy atom. The van der Waals surface area contributed by atoms with Crippen LogP contribution < -0.4 is 5.32 Å². The first-order chi connectivity index (χ1) is 10.1. The summed E-state index contributed by atoms with van der Waals surface area (Å²) >= 11 is 0. The van der Waals surface area contributed by atoms with E-state index in [0.29, 0.717) is 5.54 Å². The maximum atomic E-state index is 3.95. The van der Waals surface area contributed by atoms with Gasteiger partial charge in [-0.3, -0.25) is 0 Å². The molecule has 3 heteroatoms. The predicted octanol–water partition coefficient (Wildman–Crippen LogP) is 2.96. The second kappa shape index (κ2) is 7.94. The van der Waals surface area contributed by atoms with Crippen molar-refractivity contribution in [3.63, 3.8) is 0 Å². The summed E-state index contributed by atoms with van der Waals surface area (Å²) in [5, 5.41) is 3.95. The standard InChI is InChI=1S/C18H37N3/c1-5-21-12-7-9-17(10-13-21)19-15-18(20(3)4)11-6-8-16(2)14-18/h16-17,19H,5-15H2,1-4H3. The Hall–Kier alpha value is -0.120. The van der Waals surface area contributed by atoms with Gasteiger partial charge in [0.25, 0.3) is 0 Å². The Kier molecular flexibility index (Phi) is 6.51. The van der Waals surface area contributed by atoms with E-state index < -0.39 is 0 Å². The van der Waals surface area contributed by atoms with Gasteiger partial charge in [-0.1, -0.05) is 26.7 Å². The number of likely N-dealkylation sites (N-methyl/N-ethyl adjacent to an activating group) is 1. The normalized spacial score (nSPS) is 35.9. The number of nitrogens with one attached hydrogen (secondary N) is 1. The molecule has 21 heavy (non-hydrogen) atoms. The molecule has 0 aromatic carbocycles. The van der Waals surface area contributed by atoms with Gasteiger partial charge in [-0.05, 0) is 71.8 Å². The molecule has 1 saturated heterocycles. The van der Waals surface area contributed by atoms with Crippen LogP contribution in [0.4, 0.5) is 0 Å². The van der Waals surface area contributed by atoms with E-state index in [-0.39, 0.29) is 0 Å². The van der Waals surface area contributed by atoms with Crippen LogP contribution in [0.25, 0.3) is 0 Å². The fourth-order valence-corrected chi connectivity index (χ4v) is 4.37. The van der Waals surface area contributed by atoms with Crippen LogP contribution in [-0.2, 0) is 0 Å². The van der Waals surface area contributed by atoms with Crippen molar-refractivity contribution in [2.24, 2.45) is 5.92 Å². The highest BCUT2D eigenvalue weighted by Crippen LogP contribution is 2.35. The van der Waals surface area contributed by atoms with Crippen LogP contribution >= 0.6 is 0 Å². The van der Waals surface area contributed by atoms with Gasteiger partial charge in [0.1, 0.15) is 0 Å². The third kappa shape index (κ3) is 4.67.